The van der Waals surface area contributed by atoms with E-state index in [-0.39, 0.29) is 0 Å². The number of aliphatic hydroxyl groups is 1. The number of rotatable bonds is 3. The first-order valence-electron chi connectivity index (χ1n) is 5.22. The normalized spacial score (nSPS) is 12.4. The Balaban J connectivity index is 2.21. The predicted octanol–water partition coefficient (Wildman–Crippen LogP) is 4.05. The van der Waals surface area contributed by atoms with Crippen LogP contribution in [0.4, 0.5) is 0 Å². The molecule has 2 rings (SSSR count). The fraction of sp³-hybridized carbons (Fsp3) is 0.154. The highest BCUT2D eigenvalue weighted by atomic mass is 79.9. The molecular formula is C13H12BrNOS. The number of hydrogen-bond donors (Lipinski definition) is 1. The summed E-state index contributed by atoms with van der Waals surface area (Å²) in [4.78, 5) is 5.40. The molecular weight excluding hydrogens is 298 g/mol. The van der Waals surface area contributed by atoms with Crippen molar-refractivity contribution in [1.82, 2.24) is 4.98 Å². The van der Waals surface area contributed by atoms with Crippen molar-refractivity contribution < 1.29 is 5.11 Å². The highest BCUT2D eigenvalue weighted by Crippen LogP contribution is 2.29. The largest absolute Gasteiger partial charge is 0.389 e. The maximum absolute atomic E-state index is 9.51. The van der Waals surface area contributed by atoms with Crippen LogP contribution in [0.5, 0.6) is 0 Å². The molecule has 4 heteroatoms. The first-order chi connectivity index (χ1) is 8.15. The van der Waals surface area contributed by atoms with Crippen LogP contribution in [0.2, 0.25) is 0 Å². The van der Waals surface area contributed by atoms with Crippen molar-refractivity contribution in [1.29, 1.82) is 0 Å². The maximum Gasteiger partial charge on any atom is 0.101 e. The summed E-state index contributed by atoms with van der Waals surface area (Å²) < 4.78 is 1.05. The Hall–Kier alpha value is -0.840. The number of nitrogens with zero attached hydrogens (tertiary/aromatic N) is 1. The van der Waals surface area contributed by atoms with Crippen LogP contribution in [0, 0.1) is 0 Å². The Morgan fingerprint density at radius 3 is 2.82 bits per heavy atom. The number of halogens is 1. The maximum atomic E-state index is 9.51. The standard InChI is InChI=1S/C13H12BrNOS/c1-9(16)10-5-6-15-13(7-10)17-12-4-2-3-11(14)8-12/h2-9,16H,1H3. The number of aromatic nitrogens is 1. The van der Waals surface area contributed by atoms with Crippen LogP contribution < -0.4 is 0 Å². The molecule has 1 aromatic heterocycles. The lowest BCUT2D eigenvalue weighted by Crippen LogP contribution is -1.92. The smallest absolute Gasteiger partial charge is 0.101 e. The van der Waals surface area contributed by atoms with Gasteiger partial charge in [-0.2, -0.15) is 0 Å². The molecule has 0 bridgehead atoms. The molecule has 2 aromatic rings. The quantitative estimate of drug-likeness (QED) is 0.928. The SMILES string of the molecule is CC(O)c1ccnc(Sc2cccc(Br)c2)c1. The average molecular weight is 310 g/mol. The van der Waals surface area contributed by atoms with Crippen LogP contribution in [0.25, 0.3) is 0 Å². The van der Waals surface area contributed by atoms with E-state index in [4.69, 9.17) is 0 Å². The Morgan fingerprint density at radius 1 is 1.29 bits per heavy atom. The van der Waals surface area contributed by atoms with Gasteiger partial charge in [-0.25, -0.2) is 4.98 Å². The van der Waals surface area contributed by atoms with E-state index in [1.807, 2.05) is 36.4 Å². The van der Waals surface area contributed by atoms with Crippen molar-refractivity contribution in [3.8, 4) is 0 Å². The third kappa shape index (κ3) is 3.56. The third-order valence-electron chi connectivity index (χ3n) is 2.26. The van der Waals surface area contributed by atoms with E-state index in [0.717, 1.165) is 20.0 Å². The first kappa shape index (κ1) is 12.6. The fourth-order valence-electron chi connectivity index (χ4n) is 1.39. The van der Waals surface area contributed by atoms with Crippen molar-refractivity contribution in [2.24, 2.45) is 0 Å². The van der Waals surface area contributed by atoms with Gasteiger partial charge in [0.25, 0.3) is 0 Å². The Morgan fingerprint density at radius 2 is 2.12 bits per heavy atom. The van der Waals surface area contributed by atoms with Gasteiger partial charge in [0, 0.05) is 15.6 Å². The van der Waals surface area contributed by atoms with Crippen LogP contribution in [0.3, 0.4) is 0 Å². The van der Waals surface area contributed by atoms with E-state index in [0.29, 0.717) is 0 Å². The molecule has 0 aliphatic rings. The third-order valence-corrected chi connectivity index (χ3v) is 3.68. The van der Waals surface area contributed by atoms with Crippen LogP contribution in [-0.4, -0.2) is 10.1 Å². The zero-order valence-corrected chi connectivity index (χ0v) is 11.7. The number of aliphatic hydroxyl groups excluding tert-OH is 1. The van der Waals surface area contributed by atoms with E-state index in [9.17, 15) is 5.11 Å². The van der Waals surface area contributed by atoms with Gasteiger partial charge in [-0.1, -0.05) is 33.8 Å². The minimum absolute atomic E-state index is 0.458. The summed E-state index contributed by atoms with van der Waals surface area (Å²) in [6, 6.07) is 11.8. The second-order valence-electron chi connectivity index (χ2n) is 3.66. The summed E-state index contributed by atoms with van der Waals surface area (Å²) in [5.74, 6) is 0. The Labute approximate surface area is 113 Å². The lowest BCUT2D eigenvalue weighted by atomic mass is 10.2. The van der Waals surface area contributed by atoms with E-state index in [1.165, 1.54) is 0 Å². The molecule has 1 heterocycles. The average Bonchev–Trinajstić information content (AvgIpc) is 2.29. The molecule has 88 valence electrons. The van der Waals surface area contributed by atoms with Gasteiger partial charge in [0.15, 0.2) is 0 Å². The van der Waals surface area contributed by atoms with Gasteiger partial charge in [0.1, 0.15) is 5.03 Å². The Bertz CT molecular complexity index is 516. The summed E-state index contributed by atoms with van der Waals surface area (Å²) in [5.41, 5.74) is 0.887. The summed E-state index contributed by atoms with van der Waals surface area (Å²) in [6.45, 7) is 1.75. The monoisotopic (exact) mass is 309 g/mol. The number of hydrogen-bond acceptors (Lipinski definition) is 3. The second kappa shape index (κ2) is 5.67. The van der Waals surface area contributed by atoms with Crippen molar-refractivity contribution in [2.45, 2.75) is 22.9 Å². The van der Waals surface area contributed by atoms with Gasteiger partial charge < -0.3 is 5.11 Å². The molecule has 0 fully saturated rings. The lowest BCUT2D eigenvalue weighted by molar-refractivity contribution is 0.199. The summed E-state index contributed by atoms with van der Waals surface area (Å²) in [6.07, 6.45) is 1.27. The van der Waals surface area contributed by atoms with Gasteiger partial charge in [-0.05, 0) is 42.8 Å². The summed E-state index contributed by atoms with van der Waals surface area (Å²) in [5, 5.41) is 10.4. The minimum Gasteiger partial charge on any atom is -0.389 e. The minimum atomic E-state index is -0.458. The number of pyridine rings is 1. The van der Waals surface area contributed by atoms with E-state index in [2.05, 4.69) is 20.9 Å². The lowest BCUT2D eigenvalue weighted by Gasteiger charge is -2.06. The van der Waals surface area contributed by atoms with E-state index < -0.39 is 6.10 Å². The molecule has 1 aromatic carbocycles. The van der Waals surface area contributed by atoms with Crippen molar-refractivity contribution in [2.75, 3.05) is 0 Å². The molecule has 0 spiro atoms. The molecule has 2 nitrogen and oxygen atoms in total. The van der Waals surface area contributed by atoms with Crippen LogP contribution in [0.15, 0.2) is 57.0 Å². The zero-order chi connectivity index (χ0) is 12.3. The van der Waals surface area contributed by atoms with Crippen LogP contribution in [-0.2, 0) is 0 Å². The first-order valence-corrected chi connectivity index (χ1v) is 6.83. The van der Waals surface area contributed by atoms with Crippen molar-refractivity contribution >= 4 is 27.7 Å². The fourth-order valence-corrected chi connectivity index (χ4v) is 2.82. The van der Waals surface area contributed by atoms with Crippen LogP contribution >= 0.6 is 27.7 Å². The van der Waals surface area contributed by atoms with Gasteiger partial charge >= 0.3 is 0 Å². The molecule has 0 radical (unpaired) electrons. The highest BCUT2D eigenvalue weighted by molar-refractivity contribution is 9.10. The molecule has 0 saturated carbocycles. The second-order valence-corrected chi connectivity index (χ2v) is 5.67. The molecule has 0 saturated heterocycles. The van der Waals surface area contributed by atoms with E-state index >= 15 is 0 Å². The Kier molecular flexibility index (Phi) is 4.20. The van der Waals surface area contributed by atoms with Crippen molar-refractivity contribution in [3.63, 3.8) is 0 Å². The van der Waals surface area contributed by atoms with Gasteiger partial charge in [-0.15, -0.1) is 0 Å². The molecule has 17 heavy (non-hydrogen) atoms. The van der Waals surface area contributed by atoms with Gasteiger partial charge in [0.2, 0.25) is 0 Å². The van der Waals surface area contributed by atoms with E-state index in [1.54, 1.807) is 24.9 Å². The summed E-state index contributed by atoms with van der Waals surface area (Å²) >= 11 is 5.02. The van der Waals surface area contributed by atoms with Crippen molar-refractivity contribution in [3.05, 3.63) is 52.6 Å². The number of benzene rings is 1. The molecule has 0 aliphatic heterocycles. The molecule has 0 amide bonds. The van der Waals surface area contributed by atoms with Gasteiger partial charge in [-0.3, -0.25) is 0 Å². The molecule has 1 unspecified atom stereocenters. The van der Waals surface area contributed by atoms with Crippen LogP contribution in [0.1, 0.15) is 18.6 Å². The van der Waals surface area contributed by atoms with Gasteiger partial charge in [0.05, 0.1) is 6.10 Å². The molecule has 1 atom stereocenters. The highest BCUT2D eigenvalue weighted by Gasteiger charge is 2.04. The zero-order valence-electron chi connectivity index (χ0n) is 9.30. The summed E-state index contributed by atoms with van der Waals surface area (Å²) in [7, 11) is 0. The topological polar surface area (TPSA) is 33.1 Å². The predicted molar refractivity (Wildman–Crippen MR) is 73.1 cm³/mol. The molecule has 1 N–H and O–H groups in total. The molecule has 0 aliphatic carbocycles.